The van der Waals surface area contributed by atoms with Crippen LogP contribution in [-0.2, 0) is 9.59 Å². The molecular formula is C21H20N2O4. The van der Waals surface area contributed by atoms with Crippen molar-refractivity contribution in [2.45, 2.75) is 25.5 Å². The van der Waals surface area contributed by atoms with Crippen LogP contribution in [0.25, 0.3) is 0 Å². The third-order valence-corrected chi connectivity index (χ3v) is 4.96. The van der Waals surface area contributed by atoms with Crippen LogP contribution in [0.5, 0.6) is 5.75 Å². The Bertz CT molecular complexity index is 924. The lowest BCUT2D eigenvalue weighted by Crippen LogP contribution is -2.56. The van der Waals surface area contributed by atoms with Gasteiger partial charge in [0.2, 0.25) is 5.91 Å². The number of carbonyl (C=O) groups is 3. The third kappa shape index (κ3) is 3.18. The van der Waals surface area contributed by atoms with Gasteiger partial charge in [-0.25, -0.2) is 0 Å². The van der Waals surface area contributed by atoms with Crippen LogP contribution in [0.3, 0.4) is 0 Å². The summed E-state index contributed by atoms with van der Waals surface area (Å²) < 4.78 is 5.82. The molecule has 2 amide bonds. The van der Waals surface area contributed by atoms with Crippen LogP contribution in [0.4, 0.5) is 0 Å². The first-order valence-corrected chi connectivity index (χ1v) is 8.98. The molecule has 138 valence electrons. The summed E-state index contributed by atoms with van der Waals surface area (Å²) in [5.41, 5.74) is 2.26. The first-order chi connectivity index (χ1) is 13.0. The number of ketones is 1. The minimum absolute atomic E-state index is 0.0193. The zero-order valence-corrected chi connectivity index (χ0v) is 15.0. The number of Topliss-reactive ketones (excluding diaryl/α,β-unsaturated/α-hetero) is 1. The van der Waals surface area contributed by atoms with E-state index < -0.39 is 12.1 Å². The highest BCUT2D eigenvalue weighted by atomic mass is 16.5. The summed E-state index contributed by atoms with van der Waals surface area (Å²) >= 11 is 0. The number of piperazine rings is 1. The van der Waals surface area contributed by atoms with Gasteiger partial charge in [-0.3, -0.25) is 14.4 Å². The average Bonchev–Trinajstić information content (AvgIpc) is 2.67. The van der Waals surface area contributed by atoms with Crippen LogP contribution in [0.15, 0.2) is 48.5 Å². The number of ether oxygens (including phenoxy) is 1. The number of fused-ring (bicyclic) bond motifs is 1. The second-order valence-electron chi connectivity index (χ2n) is 6.87. The van der Waals surface area contributed by atoms with E-state index in [0.29, 0.717) is 24.4 Å². The molecule has 2 unspecified atom stereocenters. The summed E-state index contributed by atoms with van der Waals surface area (Å²) in [5.74, 6) is -0.258. The zero-order chi connectivity index (χ0) is 19.0. The molecule has 1 N–H and O–H groups in total. The molecule has 2 aromatic carbocycles. The summed E-state index contributed by atoms with van der Waals surface area (Å²) in [6.07, 6.45) is -0.931. The number of amides is 2. The van der Waals surface area contributed by atoms with Gasteiger partial charge in [-0.15, -0.1) is 0 Å². The molecule has 0 bridgehead atoms. The smallest absolute Gasteiger partial charge is 0.265 e. The average molecular weight is 364 g/mol. The van der Waals surface area contributed by atoms with Crippen LogP contribution >= 0.6 is 0 Å². The molecule has 2 heterocycles. The van der Waals surface area contributed by atoms with Crippen molar-refractivity contribution in [3.8, 4) is 5.75 Å². The van der Waals surface area contributed by atoms with Gasteiger partial charge in [0.15, 0.2) is 11.9 Å². The van der Waals surface area contributed by atoms with E-state index in [-0.39, 0.29) is 24.0 Å². The second kappa shape index (κ2) is 6.87. The predicted octanol–water partition coefficient (Wildman–Crippen LogP) is 2.03. The largest absolute Gasteiger partial charge is 0.479 e. The highest BCUT2D eigenvalue weighted by Crippen LogP contribution is 2.31. The molecule has 0 spiro atoms. The SMILES string of the molecule is Cc1cccc(C2C(=O)NCCN2C(=O)C2CC(=O)c3ccccc3O2)c1. The molecule has 6 heteroatoms. The fraction of sp³-hybridized carbons (Fsp3) is 0.286. The van der Waals surface area contributed by atoms with Gasteiger partial charge in [0.25, 0.3) is 5.91 Å². The Balaban J connectivity index is 1.63. The van der Waals surface area contributed by atoms with Crippen molar-refractivity contribution in [3.63, 3.8) is 0 Å². The quantitative estimate of drug-likeness (QED) is 0.885. The van der Waals surface area contributed by atoms with E-state index in [1.807, 2.05) is 31.2 Å². The number of hydrogen-bond acceptors (Lipinski definition) is 4. The number of aryl methyl sites for hydroxylation is 1. The molecule has 0 aromatic heterocycles. The number of rotatable bonds is 2. The van der Waals surface area contributed by atoms with Gasteiger partial charge in [-0.1, -0.05) is 42.0 Å². The molecule has 2 aliphatic heterocycles. The summed E-state index contributed by atoms with van der Waals surface area (Å²) in [5, 5.41) is 2.82. The molecule has 0 saturated carbocycles. The first kappa shape index (κ1) is 17.3. The van der Waals surface area contributed by atoms with E-state index in [2.05, 4.69) is 5.32 Å². The van der Waals surface area contributed by atoms with Crippen molar-refractivity contribution in [1.82, 2.24) is 10.2 Å². The number of carbonyl (C=O) groups excluding carboxylic acids is 3. The Morgan fingerprint density at radius 1 is 1.15 bits per heavy atom. The van der Waals surface area contributed by atoms with Crippen molar-refractivity contribution >= 4 is 17.6 Å². The minimum atomic E-state index is -0.911. The molecular weight excluding hydrogens is 344 g/mol. The Morgan fingerprint density at radius 2 is 1.96 bits per heavy atom. The second-order valence-corrected chi connectivity index (χ2v) is 6.87. The van der Waals surface area contributed by atoms with Gasteiger partial charge >= 0.3 is 0 Å². The zero-order valence-electron chi connectivity index (χ0n) is 15.0. The molecule has 0 aliphatic carbocycles. The van der Waals surface area contributed by atoms with Crippen molar-refractivity contribution in [2.24, 2.45) is 0 Å². The van der Waals surface area contributed by atoms with Gasteiger partial charge in [-0.2, -0.15) is 0 Å². The Morgan fingerprint density at radius 3 is 2.78 bits per heavy atom. The molecule has 6 nitrogen and oxygen atoms in total. The number of nitrogens with zero attached hydrogens (tertiary/aromatic N) is 1. The molecule has 1 saturated heterocycles. The molecule has 2 atom stereocenters. The Labute approximate surface area is 157 Å². The van der Waals surface area contributed by atoms with E-state index in [9.17, 15) is 14.4 Å². The van der Waals surface area contributed by atoms with Crippen LogP contribution < -0.4 is 10.1 Å². The van der Waals surface area contributed by atoms with Crippen LogP contribution in [0.2, 0.25) is 0 Å². The number of hydrogen-bond donors (Lipinski definition) is 1. The molecule has 2 aromatic rings. The van der Waals surface area contributed by atoms with Gasteiger partial charge in [0, 0.05) is 13.1 Å². The lowest BCUT2D eigenvalue weighted by atomic mass is 9.97. The van der Waals surface area contributed by atoms with Crippen molar-refractivity contribution in [2.75, 3.05) is 13.1 Å². The molecule has 27 heavy (non-hydrogen) atoms. The van der Waals surface area contributed by atoms with Crippen LogP contribution in [-0.4, -0.2) is 41.7 Å². The lowest BCUT2D eigenvalue weighted by molar-refractivity contribution is -0.149. The first-order valence-electron chi connectivity index (χ1n) is 8.98. The molecule has 4 rings (SSSR count). The molecule has 0 radical (unpaired) electrons. The third-order valence-electron chi connectivity index (χ3n) is 4.96. The molecule has 1 fully saturated rings. The maximum atomic E-state index is 13.2. The van der Waals surface area contributed by atoms with E-state index in [0.717, 1.165) is 11.1 Å². The highest BCUT2D eigenvalue weighted by Gasteiger charge is 2.40. The highest BCUT2D eigenvalue weighted by molar-refractivity contribution is 6.03. The maximum Gasteiger partial charge on any atom is 0.265 e. The van der Waals surface area contributed by atoms with E-state index in [4.69, 9.17) is 4.74 Å². The summed E-state index contributed by atoms with van der Waals surface area (Å²) in [6.45, 7) is 2.69. The minimum Gasteiger partial charge on any atom is -0.479 e. The van der Waals surface area contributed by atoms with E-state index >= 15 is 0 Å². The maximum absolute atomic E-state index is 13.2. The number of para-hydroxylation sites is 1. The van der Waals surface area contributed by atoms with Crippen LogP contribution in [0.1, 0.15) is 33.9 Å². The number of nitrogens with one attached hydrogen (secondary N) is 1. The van der Waals surface area contributed by atoms with Gasteiger partial charge in [0.05, 0.1) is 12.0 Å². The normalized spacial score (nSPS) is 21.9. The predicted molar refractivity (Wildman–Crippen MR) is 98.4 cm³/mol. The van der Waals surface area contributed by atoms with Gasteiger partial charge in [-0.05, 0) is 24.6 Å². The number of benzene rings is 2. The Kier molecular flexibility index (Phi) is 4.39. The fourth-order valence-electron chi connectivity index (χ4n) is 3.67. The summed E-state index contributed by atoms with van der Waals surface area (Å²) in [4.78, 5) is 39.7. The summed E-state index contributed by atoms with van der Waals surface area (Å²) in [7, 11) is 0. The van der Waals surface area contributed by atoms with Crippen molar-refractivity contribution in [1.29, 1.82) is 0 Å². The standard InChI is InChI=1S/C21H20N2O4/c1-13-5-4-6-14(11-13)19-20(25)22-9-10-23(19)21(26)18-12-16(24)15-7-2-3-8-17(15)27-18/h2-8,11,18-19H,9-10,12H2,1H3,(H,22,25). The van der Waals surface area contributed by atoms with Gasteiger partial charge in [0.1, 0.15) is 11.8 Å². The van der Waals surface area contributed by atoms with Crippen molar-refractivity contribution < 1.29 is 19.1 Å². The molecule has 2 aliphatic rings. The summed E-state index contributed by atoms with van der Waals surface area (Å²) in [6, 6.07) is 13.7. The Hall–Kier alpha value is -3.15. The monoisotopic (exact) mass is 364 g/mol. The van der Waals surface area contributed by atoms with Crippen molar-refractivity contribution in [3.05, 3.63) is 65.2 Å². The van der Waals surface area contributed by atoms with E-state index in [1.54, 1.807) is 24.3 Å². The fourth-order valence-corrected chi connectivity index (χ4v) is 3.67. The van der Waals surface area contributed by atoms with Gasteiger partial charge < -0.3 is 15.0 Å². The van der Waals surface area contributed by atoms with E-state index in [1.165, 1.54) is 4.90 Å². The van der Waals surface area contributed by atoms with Crippen LogP contribution in [0, 0.1) is 6.92 Å². The topological polar surface area (TPSA) is 75.7 Å². The lowest BCUT2D eigenvalue weighted by Gasteiger charge is -2.38.